The maximum Gasteiger partial charge on any atom is 0.251 e. The van der Waals surface area contributed by atoms with E-state index in [0.717, 1.165) is 12.8 Å². The Hall–Kier alpha value is -1.48. The second-order valence-electron chi connectivity index (χ2n) is 6.62. The summed E-state index contributed by atoms with van der Waals surface area (Å²) in [4.78, 5) is 12.4. The van der Waals surface area contributed by atoms with Crippen LogP contribution in [0.15, 0.2) is 29.2 Å². The molecule has 1 aromatic rings. The van der Waals surface area contributed by atoms with Crippen LogP contribution in [-0.2, 0) is 10.0 Å². The van der Waals surface area contributed by atoms with Gasteiger partial charge in [0, 0.05) is 44.2 Å². The van der Waals surface area contributed by atoms with Gasteiger partial charge in [-0.25, -0.2) is 8.42 Å². The summed E-state index contributed by atoms with van der Waals surface area (Å²) < 4.78 is 26.9. The summed E-state index contributed by atoms with van der Waals surface area (Å²) in [6.45, 7) is 6.45. The topological polar surface area (TPSA) is 98.7 Å². The van der Waals surface area contributed by atoms with E-state index in [-0.39, 0.29) is 16.7 Å². The van der Waals surface area contributed by atoms with Crippen LogP contribution < -0.4 is 10.6 Å². The van der Waals surface area contributed by atoms with E-state index in [1.807, 2.05) is 13.8 Å². The molecule has 146 valence electrons. The van der Waals surface area contributed by atoms with Crippen molar-refractivity contribution in [3.63, 3.8) is 0 Å². The van der Waals surface area contributed by atoms with Gasteiger partial charge in [0.1, 0.15) is 0 Å². The first-order valence-electron chi connectivity index (χ1n) is 9.17. The van der Waals surface area contributed by atoms with Crippen molar-refractivity contribution < 1.29 is 18.3 Å². The number of amides is 1. The molecule has 26 heavy (non-hydrogen) atoms. The lowest BCUT2D eigenvalue weighted by Crippen LogP contribution is -2.34. The maximum absolute atomic E-state index is 12.7. The predicted molar refractivity (Wildman–Crippen MR) is 100 cm³/mol. The fourth-order valence-corrected chi connectivity index (χ4v) is 4.66. The van der Waals surface area contributed by atoms with Gasteiger partial charge in [0.15, 0.2) is 0 Å². The van der Waals surface area contributed by atoms with E-state index in [9.17, 15) is 18.3 Å². The second-order valence-corrected chi connectivity index (χ2v) is 8.56. The van der Waals surface area contributed by atoms with Crippen LogP contribution in [0, 0.1) is 5.92 Å². The summed E-state index contributed by atoms with van der Waals surface area (Å²) in [5.41, 5.74) is 0.405. The number of nitrogens with one attached hydrogen (secondary N) is 2. The highest BCUT2D eigenvalue weighted by Crippen LogP contribution is 2.17. The van der Waals surface area contributed by atoms with E-state index in [2.05, 4.69) is 10.6 Å². The molecule has 7 nitrogen and oxygen atoms in total. The van der Waals surface area contributed by atoms with Gasteiger partial charge in [-0.1, -0.05) is 13.8 Å². The molecule has 8 heteroatoms. The summed E-state index contributed by atoms with van der Waals surface area (Å²) in [6.07, 6.45) is 1.05. The first-order chi connectivity index (χ1) is 12.4. The van der Waals surface area contributed by atoms with Crippen molar-refractivity contribution in [2.75, 3.05) is 32.7 Å². The first-order valence-corrected chi connectivity index (χ1v) is 10.6. The van der Waals surface area contributed by atoms with Crippen LogP contribution in [0.3, 0.4) is 0 Å². The molecule has 0 spiro atoms. The minimum absolute atomic E-state index is 0.00440. The number of aliphatic hydroxyl groups is 1. The predicted octanol–water partition coefficient (Wildman–Crippen LogP) is 0.807. The number of benzene rings is 1. The standard InChI is InChI=1S/C18H29N3O4S/c1-3-9-21(10-4-2)26(24,25)16-7-5-14(6-8-16)18(23)20-12-15-11-19-13-17(15)22/h5-8,15,17,19,22H,3-4,9-13H2,1-2H3,(H,20,23). The molecule has 0 aromatic heterocycles. The van der Waals surface area contributed by atoms with Crippen molar-refractivity contribution in [3.05, 3.63) is 29.8 Å². The zero-order chi connectivity index (χ0) is 19.2. The van der Waals surface area contributed by atoms with Crippen LogP contribution in [-0.4, -0.2) is 62.6 Å². The summed E-state index contributed by atoms with van der Waals surface area (Å²) in [6, 6.07) is 6.02. The maximum atomic E-state index is 12.7. The molecular formula is C18H29N3O4S. The number of hydrogen-bond donors (Lipinski definition) is 3. The third kappa shape index (κ3) is 5.03. The lowest BCUT2D eigenvalue weighted by molar-refractivity contribution is 0.0927. The highest BCUT2D eigenvalue weighted by molar-refractivity contribution is 7.89. The van der Waals surface area contributed by atoms with Crippen LogP contribution in [0.2, 0.25) is 0 Å². The minimum Gasteiger partial charge on any atom is -0.391 e. The van der Waals surface area contributed by atoms with Crippen molar-refractivity contribution in [1.82, 2.24) is 14.9 Å². The number of β-amino-alcohol motifs (C(OH)–C–C–N with tert-alkyl or cyclic N) is 1. The molecule has 0 radical (unpaired) electrons. The van der Waals surface area contributed by atoms with Crippen LogP contribution in [0.1, 0.15) is 37.0 Å². The minimum atomic E-state index is -3.54. The number of carbonyl (C=O) groups excluding carboxylic acids is 1. The smallest absolute Gasteiger partial charge is 0.251 e. The number of rotatable bonds is 9. The molecule has 3 N–H and O–H groups in total. The van der Waals surface area contributed by atoms with E-state index in [4.69, 9.17) is 0 Å². The van der Waals surface area contributed by atoms with Crippen molar-refractivity contribution >= 4 is 15.9 Å². The van der Waals surface area contributed by atoms with Gasteiger partial charge in [0.05, 0.1) is 11.0 Å². The Morgan fingerprint density at radius 2 is 1.81 bits per heavy atom. The van der Waals surface area contributed by atoms with E-state index in [1.165, 1.54) is 28.6 Å². The van der Waals surface area contributed by atoms with Crippen molar-refractivity contribution in [2.24, 2.45) is 5.92 Å². The summed E-state index contributed by atoms with van der Waals surface area (Å²) in [5, 5.41) is 15.6. The third-order valence-corrected chi connectivity index (χ3v) is 6.44. The molecule has 1 amide bonds. The largest absolute Gasteiger partial charge is 0.391 e. The Bertz CT molecular complexity index is 685. The molecule has 1 fully saturated rings. The Morgan fingerprint density at radius 1 is 1.19 bits per heavy atom. The van der Waals surface area contributed by atoms with E-state index < -0.39 is 16.1 Å². The normalized spacial score (nSPS) is 20.5. The van der Waals surface area contributed by atoms with Crippen LogP contribution in [0.5, 0.6) is 0 Å². The first kappa shape index (κ1) is 20.8. The Kier molecular flexibility index (Phi) is 7.57. The fourth-order valence-electron chi connectivity index (χ4n) is 3.03. The summed E-state index contributed by atoms with van der Waals surface area (Å²) in [5.74, 6) is -0.276. The number of aliphatic hydroxyl groups excluding tert-OH is 1. The van der Waals surface area contributed by atoms with E-state index in [0.29, 0.717) is 38.3 Å². The summed E-state index contributed by atoms with van der Waals surface area (Å²) >= 11 is 0. The van der Waals surface area contributed by atoms with Gasteiger partial charge >= 0.3 is 0 Å². The lowest BCUT2D eigenvalue weighted by atomic mass is 10.1. The van der Waals surface area contributed by atoms with Gasteiger partial charge in [-0.05, 0) is 37.1 Å². The molecule has 0 bridgehead atoms. The Morgan fingerprint density at radius 3 is 2.31 bits per heavy atom. The SMILES string of the molecule is CCCN(CCC)S(=O)(=O)c1ccc(C(=O)NCC2CNCC2O)cc1. The molecule has 1 aliphatic heterocycles. The van der Waals surface area contributed by atoms with Gasteiger partial charge < -0.3 is 15.7 Å². The average Bonchev–Trinajstić information content (AvgIpc) is 3.04. The molecule has 2 rings (SSSR count). The highest BCUT2D eigenvalue weighted by atomic mass is 32.2. The van der Waals surface area contributed by atoms with Gasteiger partial charge in [-0.3, -0.25) is 4.79 Å². The molecule has 2 unspecified atom stereocenters. The zero-order valence-corrected chi connectivity index (χ0v) is 16.3. The molecule has 1 aliphatic rings. The molecule has 2 atom stereocenters. The highest BCUT2D eigenvalue weighted by Gasteiger charge is 2.26. The molecule has 1 heterocycles. The molecule has 0 aliphatic carbocycles. The third-order valence-electron chi connectivity index (χ3n) is 4.53. The van der Waals surface area contributed by atoms with Crippen LogP contribution in [0.25, 0.3) is 0 Å². The summed E-state index contributed by atoms with van der Waals surface area (Å²) in [7, 11) is -3.54. The monoisotopic (exact) mass is 383 g/mol. The molecule has 1 saturated heterocycles. The quantitative estimate of drug-likeness (QED) is 0.586. The van der Waals surface area contributed by atoms with Gasteiger partial charge in [-0.2, -0.15) is 4.31 Å². The Labute approximate surface area is 155 Å². The zero-order valence-electron chi connectivity index (χ0n) is 15.4. The van der Waals surface area contributed by atoms with Crippen LogP contribution in [0.4, 0.5) is 0 Å². The average molecular weight is 384 g/mol. The fraction of sp³-hybridized carbons (Fsp3) is 0.611. The number of sulfonamides is 1. The second kappa shape index (κ2) is 9.45. The van der Waals surface area contributed by atoms with Crippen LogP contribution >= 0.6 is 0 Å². The van der Waals surface area contributed by atoms with E-state index >= 15 is 0 Å². The molecular weight excluding hydrogens is 354 g/mol. The molecule has 1 aromatic carbocycles. The Balaban J connectivity index is 2.03. The molecule has 0 saturated carbocycles. The van der Waals surface area contributed by atoms with Gasteiger partial charge in [0.2, 0.25) is 10.0 Å². The number of nitrogens with zero attached hydrogens (tertiary/aromatic N) is 1. The lowest BCUT2D eigenvalue weighted by Gasteiger charge is -2.21. The van der Waals surface area contributed by atoms with Crippen molar-refractivity contribution in [2.45, 2.75) is 37.7 Å². The van der Waals surface area contributed by atoms with Gasteiger partial charge in [0.25, 0.3) is 5.91 Å². The number of hydrogen-bond acceptors (Lipinski definition) is 5. The van der Waals surface area contributed by atoms with Crippen molar-refractivity contribution in [3.8, 4) is 0 Å². The van der Waals surface area contributed by atoms with Crippen molar-refractivity contribution in [1.29, 1.82) is 0 Å². The van der Waals surface area contributed by atoms with E-state index in [1.54, 1.807) is 0 Å². The van der Waals surface area contributed by atoms with Gasteiger partial charge in [-0.15, -0.1) is 0 Å². The number of carbonyl (C=O) groups is 1.